The fraction of sp³-hybridized carbons (Fsp3) is 0.667. The number of nitrogen functional groups attached to an aromatic ring is 1. The van der Waals surface area contributed by atoms with E-state index in [2.05, 4.69) is 24.3 Å². The third-order valence-electron chi connectivity index (χ3n) is 1.85. The van der Waals surface area contributed by atoms with Crippen LogP contribution >= 0.6 is 0 Å². The molecule has 1 aromatic rings. The molecule has 13 heavy (non-hydrogen) atoms. The van der Waals surface area contributed by atoms with Crippen LogP contribution in [0.4, 0.5) is 5.82 Å². The summed E-state index contributed by atoms with van der Waals surface area (Å²) in [5, 5.41) is 7.62. The Morgan fingerprint density at radius 2 is 2.31 bits per heavy atom. The topological polar surface area (TPSA) is 55.9 Å². The molecule has 0 radical (unpaired) electrons. The van der Waals surface area contributed by atoms with Crippen molar-refractivity contribution in [2.24, 2.45) is 0 Å². The zero-order valence-electron chi connectivity index (χ0n) is 8.54. The van der Waals surface area contributed by atoms with Gasteiger partial charge in [-0.15, -0.1) is 0 Å². The lowest BCUT2D eigenvalue weighted by Crippen LogP contribution is -2.22. The average molecular weight is 182 g/mol. The second-order valence-electron chi connectivity index (χ2n) is 3.41. The molecule has 0 saturated heterocycles. The summed E-state index contributed by atoms with van der Waals surface area (Å²) in [6.07, 6.45) is 0. The molecule has 0 aliphatic carbocycles. The molecular weight excluding hydrogens is 164 g/mol. The van der Waals surface area contributed by atoms with Crippen LogP contribution in [0.5, 0.6) is 0 Å². The third kappa shape index (κ3) is 2.73. The zero-order chi connectivity index (χ0) is 9.84. The molecule has 0 bridgehead atoms. The Balaban J connectivity index is 2.57. The van der Waals surface area contributed by atoms with Crippen LogP contribution in [-0.2, 0) is 13.1 Å². The Morgan fingerprint density at radius 3 is 2.77 bits per heavy atom. The van der Waals surface area contributed by atoms with Crippen molar-refractivity contribution in [1.29, 1.82) is 0 Å². The number of nitrogens with zero attached hydrogens (tertiary/aromatic N) is 2. The number of anilines is 1. The van der Waals surface area contributed by atoms with Gasteiger partial charge in [0.2, 0.25) is 0 Å². The van der Waals surface area contributed by atoms with Crippen molar-refractivity contribution >= 4 is 5.82 Å². The smallest absolute Gasteiger partial charge is 0.121 e. The molecule has 74 valence electrons. The van der Waals surface area contributed by atoms with Crippen molar-refractivity contribution in [3.8, 4) is 0 Å². The summed E-state index contributed by atoms with van der Waals surface area (Å²) in [6, 6.07) is 2.40. The van der Waals surface area contributed by atoms with E-state index in [0.717, 1.165) is 24.6 Å². The SMILES string of the molecule is CCn1nc(CNC(C)C)cc1N. The third-order valence-corrected chi connectivity index (χ3v) is 1.85. The van der Waals surface area contributed by atoms with E-state index in [1.807, 2.05) is 13.0 Å². The predicted octanol–water partition coefficient (Wildman–Crippen LogP) is 0.983. The Kier molecular flexibility index (Phi) is 3.31. The van der Waals surface area contributed by atoms with E-state index in [-0.39, 0.29) is 0 Å². The van der Waals surface area contributed by atoms with Gasteiger partial charge in [0.1, 0.15) is 5.82 Å². The van der Waals surface area contributed by atoms with Crippen molar-refractivity contribution < 1.29 is 0 Å². The molecule has 1 aromatic heterocycles. The van der Waals surface area contributed by atoms with Crippen LogP contribution in [-0.4, -0.2) is 15.8 Å². The molecule has 4 nitrogen and oxygen atoms in total. The first kappa shape index (κ1) is 10.1. The van der Waals surface area contributed by atoms with Crippen LogP contribution in [0.25, 0.3) is 0 Å². The monoisotopic (exact) mass is 182 g/mol. The van der Waals surface area contributed by atoms with Crippen molar-refractivity contribution in [1.82, 2.24) is 15.1 Å². The quantitative estimate of drug-likeness (QED) is 0.730. The number of nitrogens with two attached hydrogens (primary N) is 1. The number of nitrogens with one attached hydrogen (secondary N) is 1. The largest absolute Gasteiger partial charge is 0.384 e. The number of aromatic nitrogens is 2. The van der Waals surface area contributed by atoms with Crippen molar-refractivity contribution in [2.45, 2.75) is 39.9 Å². The van der Waals surface area contributed by atoms with E-state index in [4.69, 9.17) is 5.73 Å². The predicted molar refractivity (Wildman–Crippen MR) is 54.3 cm³/mol. The Morgan fingerprint density at radius 1 is 1.62 bits per heavy atom. The Bertz CT molecular complexity index is 265. The molecular formula is C9H18N4. The fourth-order valence-corrected chi connectivity index (χ4v) is 1.14. The van der Waals surface area contributed by atoms with E-state index in [1.54, 1.807) is 4.68 Å². The van der Waals surface area contributed by atoms with Gasteiger partial charge in [-0.3, -0.25) is 4.68 Å². The lowest BCUT2D eigenvalue weighted by Gasteiger charge is -2.04. The molecule has 0 saturated carbocycles. The van der Waals surface area contributed by atoms with Crippen LogP contribution < -0.4 is 11.1 Å². The number of hydrogen-bond acceptors (Lipinski definition) is 3. The highest BCUT2D eigenvalue weighted by atomic mass is 15.3. The molecule has 0 spiro atoms. The fourth-order valence-electron chi connectivity index (χ4n) is 1.14. The van der Waals surface area contributed by atoms with Gasteiger partial charge in [-0.25, -0.2) is 0 Å². The zero-order valence-corrected chi connectivity index (χ0v) is 8.54. The van der Waals surface area contributed by atoms with Crippen LogP contribution in [0.1, 0.15) is 26.5 Å². The van der Waals surface area contributed by atoms with Gasteiger partial charge in [-0.1, -0.05) is 13.8 Å². The van der Waals surface area contributed by atoms with Gasteiger partial charge < -0.3 is 11.1 Å². The van der Waals surface area contributed by atoms with Gasteiger partial charge in [-0.2, -0.15) is 5.10 Å². The van der Waals surface area contributed by atoms with Crippen LogP contribution in [0.2, 0.25) is 0 Å². The minimum atomic E-state index is 0.480. The molecule has 0 aromatic carbocycles. The Hall–Kier alpha value is -1.03. The standard InChI is InChI=1S/C9H18N4/c1-4-13-9(10)5-8(12-13)6-11-7(2)3/h5,7,11H,4,6,10H2,1-3H3. The highest BCUT2D eigenvalue weighted by Crippen LogP contribution is 2.05. The van der Waals surface area contributed by atoms with Crippen molar-refractivity contribution in [3.63, 3.8) is 0 Å². The van der Waals surface area contributed by atoms with Crippen molar-refractivity contribution in [2.75, 3.05) is 5.73 Å². The minimum Gasteiger partial charge on any atom is -0.384 e. The molecule has 0 amide bonds. The van der Waals surface area contributed by atoms with Gasteiger partial charge in [-0.05, 0) is 6.92 Å². The summed E-state index contributed by atoms with van der Waals surface area (Å²) in [6.45, 7) is 7.87. The molecule has 0 unspecified atom stereocenters. The van der Waals surface area contributed by atoms with Crippen LogP contribution in [0.15, 0.2) is 6.07 Å². The maximum absolute atomic E-state index is 5.73. The molecule has 0 atom stereocenters. The lowest BCUT2D eigenvalue weighted by atomic mass is 10.3. The van der Waals surface area contributed by atoms with Gasteiger partial charge >= 0.3 is 0 Å². The average Bonchev–Trinajstić information content (AvgIpc) is 2.43. The first-order chi connectivity index (χ1) is 6.13. The second-order valence-corrected chi connectivity index (χ2v) is 3.41. The number of rotatable bonds is 4. The van der Waals surface area contributed by atoms with Crippen molar-refractivity contribution in [3.05, 3.63) is 11.8 Å². The summed E-state index contributed by atoms with van der Waals surface area (Å²) < 4.78 is 1.80. The molecule has 4 heteroatoms. The highest BCUT2D eigenvalue weighted by molar-refractivity contribution is 5.30. The van der Waals surface area contributed by atoms with E-state index in [1.165, 1.54) is 0 Å². The number of aryl methyl sites for hydroxylation is 1. The molecule has 3 N–H and O–H groups in total. The summed E-state index contributed by atoms with van der Waals surface area (Å²) in [7, 11) is 0. The molecule has 0 fully saturated rings. The number of hydrogen-bond donors (Lipinski definition) is 2. The normalized spacial score (nSPS) is 11.1. The van der Waals surface area contributed by atoms with Gasteiger partial charge in [0, 0.05) is 25.2 Å². The van der Waals surface area contributed by atoms with Gasteiger partial charge in [0.15, 0.2) is 0 Å². The van der Waals surface area contributed by atoms with E-state index >= 15 is 0 Å². The van der Waals surface area contributed by atoms with E-state index < -0.39 is 0 Å². The molecule has 1 heterocycles. The first-order valence-electron chi connectivity index (χ1n) is 4.69. The lowest BCUT2D eigenvalue weighted by molar-refractivity contribution is 0.568. The summed E-state index contributed by atoms with van der Waals surface area (Å²) >= 11 is 0. The molecule has 0 aliphatic rings. The maximum atomic E-state index is 5.73. The van der Waals surface area contributed by atoms with E-state index in [0.29, 0.717) is 6.04 Å². The summed E-state index contributed by atoms with van der Waals surface area (Å²) in [4.78, 5) is 0. The summed E-state index contributed by atoms with van der Waals surface area (Å²) in [5.74, 6) is 0.739. The minimum absolute atomic E-state index is 0.480. The first-order valence-corrected chi connectivity index (χ1v) is 4.69. The maximum Gasteiger partial charge on any atom is 0.121 e. The van der Waals surface area contributed by atoms with Crippen LogP contribution in [0, 0.1) is 0 Å². The van der Waals surface area contributed by atoms with Gasteiger partial charge in [0.05, 0.1) is 5.69 Å². The Labute approximate surface area is 79.1 Å². The second kappa shape index (κ2) is 4.28. The highest BCUT2D eigenvalue weighted by Gasteiger charge is 2.03. The van der Waals surface area contributed by atoms with E-state index in [9.17, 15) is 0 Å². The molecule has 1 rings (SSSR count). The van der Waals surface area contributed by atoms with Crippen LogP contribution in [0.3, 0.4) is 0 Å². The van der Waals surface area contributed by atoms with Gasteiger partial charge in [0.25, 0.3) is 0 Å². The molecule has 0 aliphatic heterocycles. The summed E-state index contributed by atoms with van der Waals surface area (Å²) in [5.41, 5.74) is 6.74.